The van der Waals surface area contributed by atoms with Crippen molar-refractivity contribution in [2.45, 2.75) is 27.7 Å². The van der Waals surface area contributed by atoms with Crippen LogP contribution in [0, 0.1) is 13.8 Å². The lowest BCUT2D eigenvalue weighted by atomic mass is 10.1. The van der Waals surface area contributed by atoms with Crippen molar-refractivity contribution >= 4 is 23.3 Å². The largest absolute Gasteiger partial charge is 0.461 e. The van der Waals surface area contributed by atoms with E-state index in [2.05, 4.69) is 5.32 Å². The van der Waals surface area contributed by atoms with E-state index in [1.54, 1.807) is 56.7 Å². The molecule has 0 unspecified atom stereocenters. The lowest BCUT2D eigenvalue weighted by molar-refractivity contribution is 0.0514. The summed E-state index contributed by atoms with van der Waals surface area (Å²) in [4.78, 5) is 36.1. The number of ketones is 1. The Morgan fingerprint density at radius 2 is 1.72 bits per heavy atom. The number of carbonyl (C=O) groups excluding carboxylic acids is 3. The van der Waals surface area contributed by atoms with Gasteiger partial charge in [-0.15, -0.1) is 0 Å². The van der Waals surface area contributed by atoms with Crippen LogP contribution in [0.15, 0.2) is 24.3 Å². The van der Waals surface area contributed by atoms with Crippen LogP contribution in [0.5, 0.6) is 0 Å². The molecule has 25 heavy (non-hydrogen) atoms. The van der Waals surface area contributed by atoms with Gasteiger partial charge in [0.05, 0.1) is 12.2 Å². The standard InChI is InChI=1S/C19H22N2O4/c1-6-25-19(24)17-11(2)16(12(3)21(17)5)18(23)20-15-9-7-14(8-10-15)13(4)22/h7-10H,6H2,1-5H3,(H,20,23). The number of nitrogens with zero attached hydrogens (tertiary/aromatic N) is 1. The minimum Gasteiger partial charge on any atom is -0.461 e. The molecule has 1 N–H and O–H groups in total. The third-order valence-corrected chi connectivity index (χ3v) is 4.18. The third kappa shape index (κ3) is 3.63. The van der Waals surface area contributed by atoms with Gasteiger partial charge < -0.3 is 14.6 Å². The van der Waals surface area contributed by atoms with Gasteiger partial charge in [-0.3, -0.25) is 9.59 Å². The number of hydrogen-bond acceptors (Lipinski definition) is 4. The Morgan fingerprint density at radius 1 is 1.12 bits per heavy atom. The molecule has 0 atom stereocenters. The summed E-state index contributed by atoms with van der Waals surface area (Å²) < 4.78 is 6.74. The van der Waals surface area contributed by atoms with Crippen LogP contribution in [0.4, 0.5) is 5.69 Å². The number of rotatable bonds is 5. The highest BCUT2D eigenvalue weighted by Crippen LogP contribution is 2.23. The second-order valence-electron chi connectivity index (χ2n) is 5.80. The molecule has 2 rings (SSSR count). The van der Waals surface area contributed by atoms with Gasteiger partial charge in [0.1, 0.15) is 5.69 Å². The van der Waals surface area contributed by atoms with E-state index >= 15 is 0 Å². The maximum Gasteiger partial charge on any atom is 0.355 e. The van der Waals surface area contributed by atoms with Crippen LogP contribution in [0.25, 0.3) is 0 Å². The van der Waals surface area contributed by atoms with E-state index in [0.717, 1.165) is 0 Å². The summed E-state index contributed by atoms with van der Waals surface area (Å²) in [5.41, 5.74) is 3.23. The van der Waals surface area contributed by atoms with Crippen LogP contribution in [0.1, 0.15) is 56.3 Å². The Labute approximate surface area is 146 Å². The van der Waals surface area contributed by atoms with E-state index in [4.69, 9.17) is 4.74 Å². The zero-order valence-corrected chi connectivity index (χ0v) is 15.1. The molecule has 6 heteroatoms. The van der Waals surface area contributed by atoms with Crippen LogP contribution >= 0.6 is 0 Å². The quantitative estimate of drug-likeness (QED) is 0.668. The zero-order chi connectivity index (χ0) is 18.7. The fraction of sp³-hybridized carbons (Fsp3) is 0.316. The number of esters is 1. The van der Waals surface area contributed by atoms with Gasteiger partial charge in [0.15, 0.2) is 5.78 Å². The van der Waals surface area contributed by atoms with Crippen molar-refractivity contribution in [1.29, 1.82) is 0 Å². The number of amides is 1. The maximum absolute atomic E-state index is 12.7. The molecule has 0 aliphatic heterocycles. The van der Waals surface area contributed by atoms with E-state index in [-0.39, 0.29) is 18.3 Å². The first kappa shape index (κ1) is 18.4. The highest BCUT2D eigenvalue weighted by molar-refractivity contribution is 6.08. The summed E-state index contributed by atoms with van der Waals surface area (Å²) in [6, 6.07) is 6.67. The predicted molar refractivity (Wildman–Crippen MR) is 95.2 cm³/mol. The van der Waals surface area contributed by atoms with Gasteiger partial charge in [-0.2, -0.15) is 0 Å². The van der Waals surface area contributed by atoms with Crippen LogP contribution in [0.2, 0.25) is 0 Å². The van der Waals surface area contributed by atoms with Crippen molar-refractivity contribution in [3.63, 3.8) is 0 Å². The Bertz CT molecular complexity index is 832. The molecule has 0 bridgehead atoms. The Balaban J connectivity index is 2.32. The maximum atomic E-state index is 12.7. The van der Waals surface area contributed by atoms with Gasteiger partial charge in [-0.25, -0.2) is 4.79 Å². The summed E-state index contributed by atoms with van der Waals surface area (Å²) in [6.07, 6.45) is 0. The Hall–Kier alpha value is -2.89. The number of anilines is 1. The molecule has 2 aromatic rings. The fourth-order valence-electron chi connectivity index (χ4n) is 2.78. The highest BCUT2D eigenvalue weighted by Gasteiger charge is 2.25. The van der Waals surface area contributed by atoms with E-state index in [9.17, 15) is 14.4 Å². The third-order valence-electron chi connectivity index (χ3n) is 4.18. The first-order valence-corrected chi connectivity index (χ1v) is 8.03. The lowest BCUT2D eigenvalue weighted by Crippen LogP contribution is -2.14. The first-order valence-electron chi connectivity index (χ1n) is 8.03. The molecule has 0 saturated heterocycles. The van der Waals surface area contributed by atoms with Crippen molar-refractivity contribution in [2.75, 3.05) is 11.9 Å². The van der Waals surface area contributed by atoms with Crippen LogP contribution in [-0.4, -0.2) is 28.8 Å². The minimum atomic E-state index is -0.449. The van der Waals surface area contributed by atoms with Crippen molar-refractivity contribution in [1.82, 2.24) is 4.57 Å². The molecule has 0 aliphatic rings. The average molecular weight is 342 g/mol. The van der Waals surface area contributed by atoms with Gasteiger partial charge >= 0.3 is 5.97 Å². The molecule has 0 spiro atoms. The second-order valence-corrected chi connectivity index (χ2v) is 5.80. The number of nitrogens with one attached hydrogen (secondary N) is 1. The molecule has 0 saturated carbocycles. The van der Waals surface area contributed by atoms with Gasteiger partial charge in [-0.1, -0.05) is 0 Å². The zero-order valence-electron chi connectivity index (χ0n) is 15.1. The molecule has 1 aromatic heterocycles. The number of ether oxygens (including phenoxy) is 1. The summed E-state index contributed by atoms with van der Waals surface area (Å²) >= 11 is 0. The van der Waals surface area contributed by atoms with Crippen molar-refractivity contribution in [3.8, 4) is 0 Å². The molecule has 1 amide bonds. The van der Waals surface area contributed by atoms with E-state index in [1.807, 2.05) is 0 Å². The number of Topliss-reactive ketones (excluding diaryl/α,β-unsaturated/α-hetero) is 1. The summed E-state index contributed by atoms with van der Waals surface area (Å²) in [6.45, 7) is 7.01. The van der Waals surface area contributed by atoms with E-state index in [1.165, 1.54) is 6.92 Å². The fourth-order valence-corrected chi connectivity index (χ4v) is 2.78. The van der Waals surface area contributed by atoms with Crippen LogP contribution < -0.4 is 5.32 Å². The summed E-state index contributed by atoms with van der Waals surface area (Å²) in [5, 5.41) is 2.80. The Morgan fingerprint density at radius 3 is 2.24 bits per heavy atom. The smallest absolute Gasteiger partial charge is 0.355 e. The summed E-state index contributed by atoms with van der Waals surface area (Å²) in [5.74, 6) is -0.793. The normalized spacial score (nSPS) is 10.4. The van der Waals surface area contributed by atoms with Crippen molar-refractivity contribution < 1.29 is 19.1 Å². The number of hydrogen-bond donors (Lipinski definition) is 1. The van der Waals surface area contributed by atoms with Crippen molar-refractivity contribution in [3.05, 3.63) is 52.3 Å². The van der Waals surface area contributed by atoms with Gasteiger partial charge in [0.25, 0.3) is 5.91 Å². The molecule has 0 aliphatic carbocycles. The molecular formula is C19H22N2O4. The lowest BCUT2D eigenvalue weighted by Gasteiger charge is -2.07. The van der Waals surface area contributed by atoms with E-state index < -0.39 is 5.97 Å². The number of aromatic nitrogens is 1. The second kappa shape index (κ2) is 7.34. The minimum absolute atomic E-state index is 0.0355. The van der Waals surface area contributed by atoms with Gasteiger partial charge in [0.2, 0.25) is 0 Å². The average Bonchev–Trinajstić information content (AvgIpc) is 2.77. The molecule has 1 heterocycles. The number of benzene rings is 1. The monoisotopic (exact) mass is 342 g/mol. The molecule has 0 radical (unpaired) electrons. The molecule has 0 fully saturated rings. The predicted octanol–water partition coefficient (Wildman–Crippen LogP) is 3.27. The SMILES string of the molecule is CCOC(=O)c1c(C)c(C(=O)Nc2ccc(C(C)=O)cc2)c(C)n1C. The molecular weight excluding hydrogens is 320 g/mol. The highest BCUT2D eigenvalue weighted by atomic mass is 16.5. The molecule has 1 aromatic carbocycles. The van der Waals surface area contributed by atoms with E-state index in [0.29, 0.717) is 33.8 Å². The summed E-state index contributed by atoms with van der Waals surface area (Å²) in [7, 11) is 1.73. The number of carbonyl (C=O) groups is 3. The first-order chi connectivity index (χ1) is 11.8. The van der Waals surface area contributed by atoms with Crippen LogP contribution in [0.3, 0.4) is 0 Å². The van der Waals surface area contributed by atoms with Gasteiger partial charge in [-0.05, 0) is 57.5 Å². The topological polar surface area (TPSA) is 77.4 Å². The molecule has 6 nitrogen and oxygen atoms in total. The van der Waals surface area contributed by atoms with Crippen molar-refractivity contribution in [2.24, 2.45) is 7.05 Å². The van der Waals surface area contributed by atoms with Gasteiger partial charge in [0, 0.05) is 24.0 Å². The molecule has 132 valence electrons. The Kier molecular flexibility index (Phi) is 5.41. The van der Waals surface area contributed by atoms with Crippen LogP contribution in [-0.2, 0) is 11.8 Å².